The fraction of sp³-hybridized carbons (Fsp3) is 0.818. The van der Waals surface area contributed by atoms with Gasteiger partial charge in [0.15, 0.2) is 0 Å². The van der Waals surface area contributed by atoms with E-state index < -0.39 is 17.5 Å². The van der Waals surface area contributed by atoms with Crippen molar-refractivity contribution in [1.82, 2.24) is 9.80 Å². The molecular formula is C11H17F3N2O2. The minimum absolute atomic E-state index is 0.0693. The number of carbonyl (C=O) groups excluding carboxylic acids is 2. The highest BCUT2D eigenvalue weighted by atomic mass is 19.4. The number of nitrogens with zero attached hydrogens (tertiary/aromatic N) is 2. The van der Waals surface area contributed by atoms with Crippen LogP contribution in [-0.2, 0) is 9.59 Å². The van der Waals surface area contributed by atoms with Crippen molar-refractivity contribution in [3.63, 3.8) is 0 Å². The molecule has 0 aromatic heterocycles. The summed E-state index contributed by atoms with van der Waals surface area (Å²) in [7, 11) is 0. The number of halogens is 3. The number of rotatable bonds is 0. The average Bonchev–Trinajstić information content (AvgIpc) is 2.25. The van der Waals surface area contributed by atoms with Crippen LogP contribution < -0.4 is 0 Å². The van der Waals surface area contributed by atoms with Gasteiger partial charge in [0.05, 0.1) is 0 Å². The van der Waals surface area contributed by atoms with Crippen molar-refractivity contribution in [2.75, 3.05) is 26.2 Å². The Labute approximate surface area is 104 Å². The summed E-state index contributed by atoms with van der Waals surface area (Å²) in [6.45, 7) is 5.42. The third-order valence-electron chi connectivity index (χ3n) is 2.74. The van der Waals surface area contributed by atoms with Crippen LogP contribution in [0.3, 0.4) is 0 Å². The smallest absolute Gasteiger partial charge is 0.339 e. The lowest BCUT2D eigenvalue weighted by molar-refractivity contribution is -0.187. The zero-order valence-corrected chi connectivity index (χ0v) is 10.7. The molecule has 104 valence electrons. The van der Waals surface area contributed by atoms with Gasteiger partial charge in [0.25, 0.3) is 0 Å². The molecule has 0 radical (unpaired) electrons. The summed E-state index contributed by atoms with van der Waals surface area (Å²) < 4.78 is 36.6. The highest BCUT2D eigenvalue weighted by Gasteiger charge is 2.43. The Kier molecular flexibility index (Phi) is 3.92. The number of hydrogen-bond acceptors (Lipinski definition) is 2. The highest BCUT2D eigenvalue weighted by molar-refractivity contribution is 5.83. The Hall–Kier alpha value is -1.27. The SMILES string of the molecule is CC(C)(C)C(=O)N1CCN(C(=O)C(F)(F)F)CC1. The second-order valence-electron chi connectivity index (χ2n) is 5.33. The second kappa shape index (κ2) is 4.78. The number of carbonyl (C=O) groups is 2. The van der Waals surface area contributed by atoms with Crippen LogP contribution in [-0.4, -0.2) is 54.0 Å². The molecule has 0 atom stereocenters. The van der Waals surface area contributed by atoms with Gasteiger partial charge in [-0.3, -0.25) is 9.59 Å². The second-order valence-corrected chi connectivity index (χ2v) is 5.33. The topological polar surface area (TPSA) is 40.6 Å². The van der Waals surface area contributed by atoms with E-state index in [1.165, 1.54) is 4.90 Å². The standard InChI is InChI=1S/C11H17F3N2O2/c1-10(2,3)8(17)15-4-6-16(7-5-15)9(18)11(12,13)14/h4-7H2,1-3H3. The molecule has 18 heavy (non-hydrogen) atoms. The van der Waals surface area contributed by atoms with Gasteiger partial charge >= 0.3 is 12.1 Å². The van der Waals surface area contributed by atoms with Crippen LogP contribution in [0.4, 0.5) is 13.2 Å². The first-order chi connectivity index (χ1) is 8.03. The first kappa shape index (κ1) is 14.8. The van der Waals surface area contributed by atoms with E-state index in [2.05, 4.69) is 0 Å². The molecule has 0 spiro atoms. The van der Waals surface area contributed by atoms with Crippen LogP contribution >= 0.6 is 0 Å². The molecule has 2 amide bonds. The van der Waals surface area contributed by atoms with E-state index in [1.54, 1.807) is 20.8 Å². The van der Waals surface area contributed by atoms with Crippen molar-refractivity contribution in [1.29, 1.82) is 0 Å². The lowest BCUT2D eigenvalue weighted by atomic mass is 9.94. The summed E-state index contributed by atoms with van der Waals surface area (Å²) in [4.78, 5) is 25.1. The minimum atomic E-state index is -4.84. The van der Waals surface area contributed by atoms with Crippen LogP contribution in [0.2, 0.25) is 0 Å². The fourth-order valence-electron chi connectivity index (χ4n) is 1.77. The van der Waals surface area contributed by atoms with Gasteiger partial charge in [0.1, 0.15) is 0 Å². The minimum Gasteiger partial charge on any atom is -0.339 e. The Morgan fingerprint density at radius 2 is 1.17 bits per heavy atom. The first-order valence-corrected chi connectivity index (χ1v) is 5.69. The quantitative estimate of drug-likeness (QED) is 0.662. The zero-order valence-electron chi connectivity index (χ0n) is 10.7. The van der Waals surface area contributed by atoms with Crippen LogP contribution in [0.25, 0.3) is 0 Å². The van der Waals surface area contributed by atoms with Crippen molar-refractivity contribution >= 4 is 11.8 Å². The van der Waals surface area contributed by atoms with Crippen LogP contribution in [0.15, 0.2) is 0 Å². The van der Waals surface area contributed by atoms with Crippen molar-refractivity contribution in [2.45, 2.75) is 26.9 Å². The van der Waals surface area contributed by atoms with E-state index >= 15 is 0 Å². The van der Waals surface area contributed by atoms with E-state index in [0.717, 1.165) is 4.90 Å². The number of piperazine rings is 1. The lowest BCUT2D eigenvalue weighted by Gasteiger charge is -2.37. The van der Waals surface area contributed by atoms with Crippen LogP contribution in [0, 0.1) is 5.41 Å². The lowest BCUT2D eigenvalue weighted by Crippen LogP contribution is -2.55. The molecule has 0 aromatic carbocycles. The molecule has 4 nitrogen and oxygen atoms in total. The molecule has 1 aliphatic heterocycles. The van der Waals surface area contributed by atoms with E-state index in [4.69, 9.17) is 0 Å². The molecule has 1 fully saturated rings. The molecule has 1 rings (SSSR count). The highest BCUT2D eigenvalue weighted by Crippen LogP contribution is 2.22. The third-order valence-corrected chi connectivity index (χ3v) is 2.74. The molecule has 1 heterocycles. The Morgan fingerprint density at radius 3 is 1.44 bits per heavy atom. The zero-order chi connectivity index (χ0) is 14.1. The Morgan fingerprint density at radius 1 is 0.833 bits per heavy atom. The van der Waals surface area contributed by atoms with Crippen molar-refractivity contribution in [3.8, 4) is 0 Å². The molecule has 0 aliphatic carbocycles. The molecular weight excluding hydrogens is 249 g/mol. The largest absolute Gasteiger partial charge is 0.471 e. The van der Waals surface area contributed by atoms with Crippen LogP contribution in [0.5, 0.6) is 0 Å². The monoisotopic (exact) mass is 266 g/mol. The molecule has 0 unspecified atom stereocenters. The number of alkyl halides is 3. The van der Waals surface area contributed by atoms with E-state index in [-0.39, 0.29) is 32.1 Å². The van der Waals surface area contributed by atoms with Crippen LogP contribution in [0.1, 0.15) is 20.8 Å². The third kappa shape index (κ3) is 3.36. The first-order valence-electron chi connectivity index (χ1n) is 5.69. The van der Waals surface area contributed by atoms with E-state index in [1.807, 2.05) is 0 Å². The summed E-state index contributed by atoms with van der Waals surface area (Å²) in [5.41, 5.74) is -0.559. The fourth-order valence-corrected chi connectivity index (χ4v) is 1.77. The predicted octanol–water partition coefficient (Wildman–Crippen LogP) is 1.27. The maximum absolute atomic E-state index is 12.2. The summed E-state index contributed by atoms with van der Waals surface area (Å²) in [6, 6.07) is 0. The summed E-state index contributed by atoms with van der Waals surface area (Å²) in [6.07, 6.45) is -4.84. The van der Waals surface area contributed by atoms with Crippen molar-refractivity contribution in [3.05, 3.63) is 0 Å². The Bertz CT molecular complexity index is 305. The van der Waals surface area contributed by atoms with Gasteiger partial charge in [0, 0.05) is 31.6 Å². The maximum Gasteiger partial charge on any atom is 0.471 e. The molecule has 0 N–H and O–H groups in total. The molecule has 7 heteroatoms. The summed E-state index contributed by atoms with van der Waals surface area (Å²) in [5.74, 6) is -1.94. The van der Waals surface area contributed by atoms with Gasteiger partial charge in [0.2, 0.25) is 5.91 Å². The number of hydrogen-bond donors (Lipinski definition) is 0. The molecule has 0 bridgehead atoms. The van der Waals surface area contributed by atoms with Crippen molar-refractivity contribution < 1.29 is 22.8 Å². The van der Waals surface area contributed by atoms with Gasteiger partial charge in [-0.2, -0.15) is 13.2 Å². The maximum atomic E-state index is 12.2. The average molecular weight is 266 g/mol. The van der Waals surface area contributed by atoms with Crippen molar-refractivity contribution in [2.24, 2.45) is 5.41 Å². The predicted molar refractivity (Wildman–Crippen MR) is 58.7 cm³/mol. The summed E-state index contributed by atoms with van der Waals surface area (Å²) >= 11 is 0. The molecule has 1 aliphatic rings. The van der Waals surface area contributed by atoms with Gasteiger partial charge < -0.3 is 9.80 Å². The summed E-state index contributed by atoms with van der Waals surface area (Å²) in [5, 5.41) is 0. The molecule has 0 aromatic rings. The van der Waals surface area contributed by atoms with E-state index in [0.29, 0.717) is 0 Å². The van der Waals surface area contributed by atoms with Gasteiger partial charge in [-0.25, -0.2) is 0 Å². The Balaban J connectivity index is 2.57. The van der Waals surface area contributed by atoms with E-state index in [9.17, 15) is 22.8 Å². The molecule has 0 saturated carbocycles. The normalized spacial score (nSPS) is 17.9. The number of amides is 2. The molecule has 1 saturated heterocycles. The van der Waals surface area contributed by atoms with Gasteiger partial charge in [-0.05, 0) is 0 Å². The van der Waals surface area contributed by atoms with Gasteiger partial charge in [-0.1, -0.05) is 20.8 Å². The van der Waals surface area contributed by atoms with Gasteiger partial charge in [-0.15, -0.1) is 0 Å².